The number of carbonyl (C=O) groups excluding carboxylic acids is 2. The molecule has 2 aliphatic heterocycles. The molecule has 1 aromatic rings. The van der Waals surface area contributed by atoms with E-state index in [0.717, 1.165) is 30.7 Å². The molecule has 2 saturated heterocycles. The molecule has 0 spiro atoms. The Morgan fingerprint density at radius 3 is 2.95 bits per heavy atom. The standard InChI is InChI=1S/C13H17N3O2S/c1-9-12(17)15-5-3-2-4-11(15)13(18)16(9)7-10-6-14-8-19-10/h6,8-9,11H,2-5,7H2,1H3. The van der Waals surface area contributed by atoms with Crippen molar-refractivity contribution in [3.05, 3.63) is 16.6 Å². The van der Waals surface area contributed by atoms with Gasteiger partial charge in [-0.1, -0.05) is 0 Å². The molecule has 2 atom stereocenters. The molecule has 2 unspecified atom stereocenters. The molecule has 0 saturated carbocycles. The molecule has 0 N–H and O–H groups in total. The molecular weight excluding hydrogens is 262 g/mol. The smallest absolute Gasteiger partial charge is 0.246 e. The van der Waals surface area contributed by atoms with Gasteiger partial charge in [0, 0.05) is 17.6 Å². The monoisotopic (exact) mass is 279 g/mol. The van der Waals surface area contributed by atoms with Gasteiger partial charge in [0.05, 0.1) is 12.1 Å². The lowest BCUT2D eigenvalue weighted by atomic mass is 9.96. The predicted molar refractivity (Wildman–Crippen MR) is 71.5 cm³/mol. The van der Waals surface area contributed by atoms with Crippen molar-refractivity contribution < 1.29 is 9.59 Å². The van der Waals surface area contributed by atoms with Crippen molar-refractivity contribution in [2.24, 2.45) is 0 Å². The van der Waals surface area contributed by atoms with E-state index in [1.165, 1.54) is 11.3 Å². The van der Waals surface area contributed by atoms with Crippen LogP contribution in [0.1, 0.15) is 31.1 Å². The van der Waals surface area contributed by atoms with Crippen LogP contribution in [0.5, 0.6) is 0 Å². The van der Waals surface area contributed by atoms with Gasteiger partial charge in [0.15, 0.2) is 0 Å². The molecule has 102 valence electrons. The zero-order valence-electron chi connectivity index (χ0n) is 10.9. The zero-order chi connectivity index (χ0) is 13.4. The summed E-state index contributed by atoms with van der Waals surface area (Å²) in [4.78, 5) is 33.5. The number of hydrogen-bond acceptors (Lipinski definition) is 4. The first kappa shape index (κ1) is 12.6. The largest absolute Gasteiger partial charge is 0.329 e. The molecule has 1 aromatic heterocycles. The molecule has 2 aliphatic rings. The Labute approximate surface area is 116 Å². The summed E-state index contributed by atoms with van der Waals surface area (Å²) >= 11 is 1.52. The fraction of sp³-hybridized carbons (Fsp3) is 0.615. The van der Waals surface area contributed by atoms with E-state index in [4.69, 9.17) is 0 Å². The first-order valence-corrected chi connectivity index (χ1v) is 7.55. The van der Waals surface area contributed by atoms with E-state index in [0.29, 0.717) is 6.54 Å². The summed E-state index contributed by atoms with van der Waals surface area (Å²) in [5.41, 5.74) is 1.75. The van der Waals surface area contributed by atoms with Gasteiger partial charge in [-0.3, -0.25) is 14.6 Å². The van der Waals surface area contributed by atoms with Crippen molar-refractivity contribution in [2.45, 2.75) is 44.8 Å². The quantitative estimate of drug-likeness (QED) is 0.819. The van der Waals surface area contributed by atoms with Crippen LogP contribution in [0.3, 0.4) is 0 Å². The van der Waals surface area contributed by atoms with Crippen LogP contribution in [-0.2, 0) is 16.1 Å². The lowest BCUT2D eigenvalue weighted by molar-refractivity contribution is -0.163. The normalized spacial score (nSPS) is 27.6. The van der Waals surface area contributed by atoms with Crippen LogP contribution in [0.4, 0.5) is 0 Å². The van der Waals surface area contributed by atoms with E-state index in [-0.39, 0.29) is 23.9 Å². The predicted octanol–water partition coefficient (Wildman–Crippen LogP) is 1.25. The van der Waals surface area contributed by atoms with E-state index < -0.39 is 0 Å². The first-order chi connectivity index (χ1) is 9.18. The second-order valence-corrected chi connectivity index (χ2v) is 6.12. The number of hydrogen-bond donors (Lipinski definition) is 0. The van der Waals surface area contributed by atoms with E-state index in [1.807, 2.05) is 6.92 Å². The fourth-order valence-electron chi connectivity index (χ4n) is 2.91. The molecule has 2 amide bonds. The topological polar surface area (TPSA) is 53.5 Å². The summed E-state index contributed by atoms with van der Waals surface area (Å²) in [7, 11) is 0. The number of aromatic nitrogens is 1. The van der Waals surface area contributed by atoms with Crippen LogP contribution in [-0.4, -0.2) is 45.2 Å². The van der Waals surface area contributed by atoms with Gasteiger partial charge in [-0.2, -0.15) is 0 Å². The van der Waals surface area contributed by atoms with Gasteiger partial charge < -0.3 is 9.80 Å². The SMILES string of the molecule is CC1C(=O)N2CCCCC2C(=O)N1Cc1cncs1. The maximum Gasteiger partial charge on any atom is 0.246 e. The highest BCUT2D eigenvalue weighted by molar-refractivity contribution is 7.09. The number of rotatable bonds is 2. The first-order valence-electron chi connectivity index (χ1n) is 6.67. The number of piperazine rings is 1. The van der Waals surface area contributed by atoms with Crippen molar-refractivity contribution >= 4 is 23.2 Å². The molecule has 0 aromatic carbocycles. The molecule has 0 bridgehead atoms. The van der Waals surface area contributed by atoms with Crippen molar-refractivity contribution in [1.82, 2.24) is 14.8 Å². The highest BCUT2D eigenvalue weighted by Gasteiger charge is 2.44. The number of piperidine rings is 1. The van der Waals surface area contributed by atoms with E-state index in [9.17, 15) is 9.59 Å². The van der Waals surface area contributed by atoms with E-state index in [1.54, 1.807) is 21.5 Å². The van der Waals surface area contributed by atoms with Gasteiger partial charge in [-0.15, -0.1) is 11.3 Å². The zero-order valence-corrected chi connectivity index (χ0v) is 11.7. The van der Waals surface area contributed by atoms with E-state index in [2.05, 4.69) is 4.98 Å². The fourth-order valence-corrected chi connectivity index (χ4v) is 3.50. The Bertz CT molecular complexity index is 488. The van der Waals surface area contributed by atoms with Crippen LogP contribution in [0, 0.1) is 0 Å². The van der Waals surface area contributed by atoms with Gasteiger partial charge in [0.1, 0.15) is 12.1 Å². The van der Waals surface area contributed by atoms with Gasteiger partial charge in [0.25, 0.3) is 0 Å². The third-order valence-corrected chi connectivity index (χ3v) is 4.75. The highest BCUT2D eigenvalue weighted by atomic mass is 32.1. The van der Waals surface area contributed by atoms with Gasteiger partial charge in [0.2, 0.25) is 11.8 Å². The summed E-state index contributed by atoms with van der Waals surface area (Å²) in [6.07, 6.45) is 4.61. The minimum absolute atomic E-state index is 0.0915. The number of carbonyl (C=O) groups is 2. The maximum absolute atomic E-state index is 12.6. The third-order valence-electron chi connectivity index (χ3n) is 3.99. The molecule has 0 radical (unpaired) electrons. The Hall–Kier alpha value is -1.43. The van der Waals surface area contributed by atoms with Crippen LogP contribution in [0.2, 0.25) is 0 Å². The lowest BCUT2D eigenvalue weighted by Gasteiger charge is -2.45. The Morgan fingerprint density at radius 2 is 2.21 bits per heavy atom. The van der Waals surface area contributed by atoms with Crippen LogP contribution >= 0.6 is 11.3 Å². The molecule has 3 rings (SSSR count). The van der Waals surface area contributed by atoms with Gasteiger partial charge in [-0.25, -0.2) is 0 Å². The molecule has 6 heteroatoms. The molecule has 2 fully saturated rings. The molecule has 5 nitrogen and oxygen atoms in total. The number of thiazole rings is 1. The van der Waals surface area contributed by atoms with Crippen LogP contribution in [0.15, 0.2) is 11.7 Å². The minimum atomic E-state index is -0.357. The van der Waals surface area contributed by atoms with Gasteiger partial charge in [-0.05, 0) is 26.2 Å². The van der Waals surface area contributed by atoms with Gasteiger partial charge >= 0.3 is 0 Å². The highest BCUT2D eigenvalue weighted by Crippen LogP contribution is 2.27. The number of nitrogens with zero attached hydrogens (tertiary/aromatic N) is 3. The molecule has 3 heterocycles. The van der Waals surface area contributed by atoms with Crippen LogP contribution < -0.4 is 0 Å². The number of amides is 2. The molecule has 19 heavy (non-hydrogen) atoms. The van der Waals surface area contributed by atoms with Crippen molar-refractivity contribution in [3.8, 4) is 0 Å². The Morgan fingerprint density at radius 1 is 1.37 bits per heavy atom. The van der Waals surface area contributed by atoms with E-state index >= 15 is 0 Å². The Kier molecular flexibility index (Phi) is 3.26. The minimum Gasteiger partial charge on any atom is -0.329 e. The molecular formula is C13H17N3O2S. The summed E-state index contributed by atoms with van der Waals surface area (Å²) in [6, 6.07) is -0.589. The summed E-state index contributed by atoms with van der Waals surface area (Å²) in [6.45, 7) is 3.06. The second-order valence-electron chi connectivity index (χ2n) is 5.15. The van der Waals surface area contributed by atoms with Crippen molar-refractivity contribution in [1.29, 1.82) is 0 Å². The summed E-state index contributed by atoms with van der Waals surface area (Å²) < 4.78 is 0. The van der Waals surface area contributed by atoms with Crippen molar-refractivity contribution in [2.75, 3.05) is 6.54 Å². The lowest BCUT2D eigenvalue weighted by Crippen LogP contribution is -2.64. The average Bonchev–Trinajstić information content (AvgIpc) is 2.94. The molecule has 0 aliphatic carbocycles. The van der Waals surface area contributed by atoms with Crippen molar-refractivity contribution in [3.63, 3.8) is 0 Å². The maximum atomic E-state index is 12.6. The Balaban J connectivity index is 1.83. The second kappa shape index (κ2) is 4.92. The number of fused-ring (bicyclic) bond motifs is 1. The summed E-state index contributed by atoms with van der Waals surface area (Å²) in [5, 5.41) is 0. The third kappa shape index (κ3) is 2.14. The summed E-state index contributed by atoms with van der Waals surface area (Å²) in [5.74, 6) is 0.189. The average molecular weight is 279 g/mol. The van der Waals surface area contributed by atoms with Crippen LogP contribution in [0.25, 0.3) is 0 Å².